The van der Waals surface area contributed by atoms with E-state index < -0.39 is 88.9 Å². The molecule has 250 valence electrons. The van der Waals surface area contributed by atoms with Crippen molar-refractivity contribution in [1.29, 1.82) is 0 Å². The van der Waals surface area contributed by atoms with Crippen molar-refractivity contribution >= 4 is 11.8 Å². The summed E-state index contributed by atoms with van der Waals surface area (Å²) >= 11 is 0. The van der Waals surface area contributed by atoms with E-state index >= 15 is 0 Å². The molecule has 12 atom stereocenters. The highest BCUT2D eigenvalue weighted by molar-refractivity contribution is 6.05. The number of carbonyl (C=O) groups is 2. The summed E-state index contributed by atoms with van der Waals surface area (Å²) in [7, 11) is 0. The van der Waals surface area contributed by atoms with E-state index in [4.69, 9.17) is 23.7 Å². The highest BCUT2D eigenvalue weighted by Gasteiger charge is 2.90. The molecule has 0 spiro atoms. The van der Waals surface area contributed by atoms with Crippen molar-refractivity contribution in [3.05, 3.63) is 96.2 Å². The first-order chi connectivity index (χ1) is 22.4. The molecule has 3 heterocycles. The monoisotopic (exact) mass is 646 g/mol. The van der Waals surface area contributed by atoms with Gasteiger partial charge in [-0.2, -0.15) is 0 Å². The zero-order chi connectivity index (χ0) is 33.6. The van der Waals surface area contributed by atoms with Crippen molar-refractivity contribution in [2.75, 3.05) is 6.61 Å². The van der Waals surface area contributed by atoms with E-state index in [9.17, 15) is 24.9 Å². The summed E-state index contributed by atoms with van der Waals surface area (Å²) in [5, 5.41) is 34.9. The number of hydrogen-bond donors (Lipinski definition) is 3. The topological polar surface area (TPSA) is 144 Å². The Morgan fingerprint density at radius 3 is 2.49 bits per heavy atom. The second-order valence-electron chi connectivity index (χ2n) is 13.8. The molecule has 7 rings (SSSR count). The Balaban J connectivity index is 1.40. The molecule has 3 saturated heterocycles. The minimum atomic E-state index is -2.42. The fraction of sp³-hybridized carbons (Fsp3) is 0.514. The van der Waals surface area contributed by atoms with E-state index in [1.807, 2.05) is 31.2 Å². The van der Waals surface area contributed by atoms with E-state index in [1.54, 1.807) is 56.3 Å². The summed E-state index contributed by atoms with van der Waals surface area (Å²) in [4.78, 5) is 27.4. The van der Waals surface area contributed by atoms with Gasteiger partial charge in [0, 0.05) is 29.4 Å². The summed E-state index contributed by atoms with van der Waals surface area (Å²) in [6, 6.07) is 9.01. The van der Waals surface area contributed by atoms with Gasteiger partial charge in [0.25, 0.3) is 0 Å². The number of ether oxygens (including phenoxy) is 5. The zero-order valence-electron chi connectivity index (χ0n) is 27.0. The number of carbonyl (C=O) groups excluding carboxylic acids is 2. The lowest BCUT2D eigenvalue weighted by Gasteiger charge is -2.61. The number of hydrogen-bond acceptors (Lipinski definition) is 10. The number of allylic oxidation sites excluding steroid dienone is 5. The molecule has 10 heteroatoms. The molecule has 6 aliphatic rings. The number of fused-ring (bicyclic) bond motifs is 3. The Morgan fingerprint density at radius 2 is 1.81 bits per heavy atom. The first-order valence-corrected chi connectivity index (χ1v) is 16.3. The van der Waals surface area contributed by atoms with Crippen molar-refractivity contribution < 1.29 is 48.6 Å². The van der Waals surface area contributed by atoms with Crippen LogP contribution in [-0.2, 0) is 39.2 Å². The molecular weight excluding hydrogens is 604 g/mol. The van der Waals surface area contributed by atoms with Crippen molar-refractivity contribution in [2.45, 2.75) is 93.3 Å². The van der Waals surface area contributed by atoms with Crippen molar-refractivity contribution in [2.24, 2.45) is 17.8 Å². The third-order valence-electron chi connectivity index (χ3n) is 11.3. The molecule has 0 aromatic heterocycles. The molecule has 3 aliphatic carbocycles. The van der Waals surface area contributed by atoms with Gasteiger partial charge in [-0.1, -0.05) is 93.6 Å². The molecular formula is C37H42O10. The summed E-state index contributed by atoms with van der Waals surface area (Å²) in [5.41, 5.74) is -5.90. The van der Waals surface area contributed by atoms with E-state index in [-0.39, 0.29) is 5.57 Å². The summed E-state index contributed by atoms with van der Waals surface area (Å²) < 4.78 is 33.3. The van der Waals surface area contributed by atoms with Crippen molar-refractivity contribution in [3.63, 3.8) is 0 Å². The van der Waals surface area contributed by atoms with Crippen LogP contribution in [0.3, 0.4) is 0 Å². The first-order valence-electron chi connectivity index (χ1n) is 16.3. The van der Waals surface area contributed by atoms with Gasteiger partial charge < -0.3 is 39.0 Å². The molecule has 1 aromatic rings. The van der Waals surface area contributed by atoms with Crippen molar-refractivity contribution in [1.82, 2.24) is 0 Å². The standard InChI is InChI=1S/C37H42O10/c1-6-7-8-9-10-11-15-18-26(39)43-29-23(5)36-25-19-22(4)28(40)34(25,42)32(41)33(20-38)30(44-33)27(36)31-35(29,21(2)3)46-37(45-31,47-36)24-16-13-12-14-17-24/h8-19,23,25,27,29-32,38,41-42H,2,6-7,20H2,1,3-5H3/b9-8+,11-10+,18-15+/t23-,25-,27+,29-,30+,31-,32-,33+,34-,35+,36+,37-/m1/s1. The van der Waals surface area contributed by atoms with Crippen LogP contribution in [0, 0.1) is 17.8 Å². The predicted molar refractivity (Wildman–Crippen MR) is 168 cm³/mol. The number of epoxide rings is 1. The fourth-order valence-electron chi connectivity index (χ4n) is 9.08. The maximum Gasteiger partial charge on any atom is 0.331 e. The zero-order valence-corrected chi connectivity index (χ0v) is 27.0. The SMILES string of the molecule is C=C(C)[C@@]12O[C@@]3(c4ccccc4)O[C@@H]1[C@@H]1[C@@H]4O[C@]4(CO)[C@@H](O)[C@]4(O)C(=O)C(C)=C[C@H]4[C@@]1(O3)[C@H](C)[C@H]2OC(=O)/C=C/C=C/C=C/CCC. The smallest absolute Gasteiger partial charge is 0.331 e. The van der Waals surface area contributed by atoms with Gasteiger partial charge in [-0.05, 0) is 31.4 Å². The van der Waals surface area contributed by atoms with Gasteiger partial charge in [-0.25, -0.2) is 4.79 Å². The molecule has 5 fully saturated rings. The normalized spacial score (nSPS) is 46.0. The summed E-state index contributed by atoms with van der Waals surface area (Å²) in [6.07, 6.45) is 9.29. The second kappa shape index (κ2) is 10.9. The number of esters is 1. The maximum absolute atomic E-state index is 13.8. The summed E-state index contributed by atoms with van der Waals surface area (Å²) in [5.74, 6) is -5.92. The van der Waals surface area contributed by atoms with Gasteiger partial charge in [-0.3, -0.25) is 4.79 Å². The number of rotatable bonds is 9. The largest absolute Gasteiger partial charge is 0.455 e. The Kier molecular flexibility index (Phi) is 7.50. The minimum Gasteiger partial charge on any atom is -0.455 e. The van der Waals surface area contributed by atoms with Gasteiger partial charge in [0.15, 0.2) is 17.0 Å². The number of benzene rings is 1. The van der Waals surface area contributed by atoms with Crippen LogP contribution in [0.4, 0.5) is 0 Å². The molecule has 2 saturated carbocycles. The Hall–Kier alpha value is -3.22. The number of Topliss-reactive ketones (excluding diaryl/α,β-unsaturated/α-hetero) is 1. The van der Waals surface area contributed by atoms with E-state index in [0.29, 0.717) is 11.1 Å². The minimum absolute atomic E-state index is 0.231. The van der Waals surface area contributed by atoms with Gasteiger partial charge in [-0.15, -0.1) is 0 Å². The van der Waals surface area contributed by atoms with Crippen molar-refractivity contribution in [3.8, 4) is 0 Å². The summed E-state index contributed by atoms with van der Waals surface area (Å²) in [6.45, 7) is 10.9. The lowest BCUT2D eigenvalue weighted by atomic mass is 9.53. The first kappa shape index (κ1) is 32.3. The van der Waals surface area contributed by atoms with Gasteiger partial charge in [0.05, 0.1) is 12.2 Å². The number of unbranched alkanes of at least 4 members (excludes halogenated alkanes) is 1. The van der Waals surface area contributed by atoms with E-state index in [2.05, 4.69) is 13.5 Å². The average molecular weight is 647 g/mol. The van der Waals surface area contributed by atoms with Crippen LogP contribution in [0.25, 0.3) is 0 Å². The number of ketones is 1. The second-order valence-corrected chi connectivity index (χ2v) is 13.8. The number of aliphatic hydroxyl groups excluding tert-OH is 2. The van der Waals surface area contributed by atoms with Crippen LogP contribution in [0.5, 0.6) is 0 Å². The van der Waals surface area contributed by atoms with Gasteiger partial charge in [0.2, 0.25) is 0 Å². The molecule has 1 aromatic carbocycles. The fourth-order valence-corrected chi connectivity index (χ4v) is 9.08. The maximum atomic E-state index is 13.8. The lowest BCUT2D eigenvalue weighted by Crippen LogP contribution is -2.76. The highest BCUT2D eigenvalue weighted by Crippen LogP contribution is 2.74. The quantitative estimate of drug-likeness (QED) is 0.120. The van der Waals surface area contributed by atoms with Crippen LogP contribution in [0.2, 0.25) is 0 Å². The average Bonchev–Trinajstić information content (AvgIpc) is 3.68. The molecule has 47 heavy (non-hydrogen) atoms. The van der Waals surface area contributed by atoms with Crippen LogP contribution in [-0.4, -0.2) is 80.5 Å². The third kappa shape index (κ3) is 4.04. The van der Waals surface area contributed by atoms with E-state index in [1.165, 1.54) is 6.08 Å². The van der Waals surface area contributed by atoms with Crippen LogP contribution >= 0.6 is 0 Å². The van der Waals surface area contributed by atoms with E-state index in [0.717, 1.165) is 12.8 Å². The lowest BCUT2D eigenvalue weighted by molar-refractivity contribution is -0.440. The van der Waals surface area contributed by atoms with Crippen LogP contribution < -0.4 is 0 Å². The highest BCUT2D eigenvalue weighted by atomic mass is 16.9. The number of aliphatic hydroxyl groups is 3. The molecule has 0 amide bonds. The molecule has 3 N–H and O–H groups in total. The van der Waals surface area contributed by atoms with Crippen LogP contribution in [0.1, 0.15) is 46.1 Å². The molecule has 10 nitrogen and oxygen atoms in total. The molecule has 3 aliphatic heterocycles. The Morgan fingerprint density at radius 1 is 1.09 bits per heavy atom. The predicted octanol–water partition coefficient (Wildman–Crippen LogP) is 3.32. The molecule has 0 unspecified atom stereocenters. The van der Waals surface area contributed by atoms with Gasteiger partial charge in [0.1, 0.15) is 30.0 Å². The van der Waals surface area contributed by atoms with Crippen LogP contribution in [0.15, 0.2) is 90.6 Å². The Labute approximate surface area is 274 Å². The molecule has 0 radical (unpaired) electrons. The third-order valence-corrected chi connectivity index (χ3v) is 11.3. The molecule has 3 bridgehead atoms. The Bertz CT molecular complexity index is 1610. The van der Waals surface area contributed by atoms with Gasteiger partial charge >= 0.3 is 11.9 Å².